The van der Waals surface area contributed by atoms with Gasteiger partial charge in [-0.05, 0) is 63.7 Å². The van der Waals surface area contributed by atoms with Crippen LogP contribution in [0.1, 0.15) is 46.8 Å². The van der Waals surface area contributed by atoms with Crippen LogP contribution in [-0.2, 0) is 27.8 Å². The minimum Gasteiger partial charge on any atom is -0.488 e. The van der Waals surface area contributed by atoms with E-state index < -0.39 is 22.0 Å². The average molecular weight is 615 g/mol. The molecule has 13 heteroatoms. The van der Waals surface area contributed by atoms with Crippen LogP contribution in [0.4, 0.5) is 5.69 Å². The van der Waals surface area contributed by atoms with Crippen molar-refractivity contribution >= 4 is 27.6 Å². The normalized spacial score (nSPS) is 18.3. The predicted octanol–water partition coefficient (Wildman–Crippen LogP) is 3.07. The van der Waals surface area contributed by atoms with Crippen LogP contribution in [0, 0.1) is 19.8 Å². The van der Waals surface area contributed by atoms with E-state index in [-0.39, 0.29) is 58.6 Å². The van der Waals surface area contributed by atoms with Crippen molar-refractivity contribution in [2.75, 3.05) is 31.5 Å². The number of ether oxygens (including phenoxy) is 1. The second-order valence-electron chi connectivity index (χ2n) is 11.2. The second kappa shape index (κ2) is 13.1. The fourth-order valence-electron chi connectivity index (χ4n) is 5.21. The second-order valence-corrected chi connectivity index (χ2v) is 12.8. The number of carboxylic acids is 1. The largest absolute Gasteiger partial charge is 0.488 e. The summed E-state index contributed by atoms with van der Waals surface area (Å²) in [6.07, 6.45) is -0.419. The first-order valence-electron chi connectivity index (χ1n) is 14.0. The Balaban J connectivity index is 1.62. The summed E-state index contributed by atoms with van der Waals surface area (Å²) in [5, 5.41) is 22.8. The smallest absolute Gasteiger partial charge is 0.335 e. The van der Waals surface area contributed by atoms with Crippen LogP contribution >= 0.6 is 0 Å². The van der Waals surface area contributed by atoms with E-state index in [1.807, 2.05) is 14.0 Å². The Morgan fingerprint density at radius 2 is 1.91 bits per heavy atom. The zero-order valence-electron chi connectivity index (χ0n) is 24.9. The quantitative estimate of drug-likeness (QED) is 0.309. The van der Waals surface area contributed by atoms with E-state index >= 15 is 0 Å². The molecule has 0 fully saturated rings. The maximum absolute atomic E-state index is 13.5. The van der Waals surface area contributed by atoms with Crippen LogP contribution in [0.15, 0.2) is 51.9 Å². The van der Waals surface area contributed by atoms with Gasteiger partial charge in [-0.2, -0.15) is 0 Å². The van der Waals surface area contributed by atoms with Crippen LogP contribution in [0.3, 0.4) is 0 Å². The molecule has 3 atom stereocenters. The van der Waals surface area contributed by atoms with Crippen LogP contribution < -0.4 is 9.46 Å². The molecule has 2 aromatic carbocycles. The molecule has 1 aliphatic rings. The molecule has 3 N–H and O–H groups in total. The lowest BCUT2D eigenvalue weighted by atomic mass is 10.0. The van der Waals surface area contributed by atoms with Gasteiger partial charge in [-0.25, -0.2) is 13.2 Å². The number of aliphatic hydroxyl groups is 1. The molecule has 0 saturated heterocycles. The first-order chi connectivity index (χ1) is 20.3. The third kappa shape index (κ3) is 7.53. The molecular formula is C30H38N4O8S. The number of aromatic carboxylic acids is 1. The number of likely N-dealkylation sites (N-methyl/N-ethyl adjacent to an activating group) is 1. The highest BCUT2D eigenvalue weighted by Crippen LogP contribution is 2.31. The van der Waals surface area contributed by atoms with Crippen molar-refractivity contribution in [3.63, 3.8) is 0 Å². The van der Waals surface area contributed by atoms with E-state index in [0.717, 1.165) is 5.56 Å². The highest BCUT2D eigenvalue weighted by Gasteiger charge is 2.32. The number of carbonyl (C=O) groups is 2. The number of rotatable bonds is 10. The number of nitrogens with zero attached hydrogens (tertiary/aromatic N) is 3. The van der Waals surface area contributed by atoms with Crippen molar-refractivity contribution < 1.29 is 37.5 Å². The summed E-state index contributed by atoms with van der Waals surface area (Å²) in [5.74, 6) is -0.695. The predicted molar refractivity (Wildman–Crippen MR) is 159 cm³/mol. The molecule has 12 nitrogen and oxygen atoms in total. The highest BCUT2D eigenvalue weighted by molar-refractivity contribution is 7.92. The number of hydrogen-bond donors (Lipinski definition) is 3. The lowest BCUT2D eigenvalue weighted by Crippen LogP contribution is -2.47. The van der Waals surface area contributed by atoms with E-state index in [4.69, 9.17) is 9.26 Å². The zero-order valence-corrected chi connectivity index (χ0v) is 25.7. The number of fused-ring (bicyclic) bond motifs is 1. The standard InChI is InChI=1S/C30H38N4O8S/c1-18-14-34(19(2)17-35)28(36)13-24-12-25(32-43(39,40)29-20(3)31-42-21(29)4)10-11-26(24)41-27(18)16-33(5)15-22-6-8-23(9-7-22)30(37)38/h6-12,18-19,27,32,35H,13-17H2,1-5H3,(H,37,38)/t18-,19+,27-/m1/s1. The van der Waals surface area contributed by atoms with Gasteiger partial charge in [-0.15, -0.1) is 0 Å². The summed E-state index contributed by atoms with van der Waals surface area (Å²) in [7, 11) is -2.08. The van der Waals surface area contributed by atoms with Crippen molar-refractivity contribution in [3.05, 3.63) is 70.6 Å². The molecule has 0 bridgehead atoms. The zero-order chi connectivity index (χ0) is 31.5. The van der Waals surface area contributed by atoms with Crippen molar-refractivity contribution in [1.82, 2.24) is 15.0 Å². The van der Waals surface area contributed by atoms with Gasteiger partial charge < -0.3 is 24.4 Å². The SMILES string of the molecule is Cc1noc(C)c1S(=O)(=O)Nc1ccc2c(c1)CC(=O)N([C@@H](C)CO)C[C@@H](C)[C@@H](CN(C)Cc1ccc(C(=O)O)cc1)O2. The summed E-state index contributed by atoms with van der Waals surface area (Å²) in [6, 6.07) is 11.1. The maximum Gasteiger partial charge on any atom is 0.335 e. The molecule has 0 aliphatic carbocycles. The Kier molecular flexibility index (Phi) is 9.78. The van der Waals surface area contributed by atoms with E-state index in [0.29, 0.717) is 30.9 Å². The van der Waals surface area contributed by atoms with E-state index in [2.05, 4.69) is 14.8 Å². The van der Waals surface area contributed by atoms with Gasteiger partial charge in [-0.3, -0.25) is 14.4 Å². The molecule has 0 saturated carbocycles. The number of sulfonamides is 1. The Bertz CT molecular complexity index is 1550. The maximum atomic E-state index is 13.5. The van der Waals surface area contributed by atoms with Gasteiger partial charge >= 0.3 is 5.97 Å². The van der Waals surface area contributed by atoms with Crippen LogP contribution in [0.5, 0.6) is 5.75 Å². The van der Waals surface area contributed by atoms with Gasteiger partial charge in [0.15, 0.2) is 10.7 Å². The fourth-order valence-corrected chi connectivity index (χ4v) is 6.59. The molecule has 1 amide bonds. The minimum atomic E-state index is -4.01. The van der Waals surface area contributed by atoms with Crippen molar-refractivity contribution in [2.24, 2.45) is 5.92 Å². The van der Waals surface area contributed by atoms with Gasteiger partial charge in [0.25, 0.3) is 10.0 Å². The van der Waals surface area contributed by atoms with Gasteiger partial charge in [0.1, 0.15) is 17.5 Å². The fraction of sp³-hybridized carbons (Fsp3) is 0.433. The van der Waals surface area contributed by atoms with Crippen molar-refractivity contribution in [1.29, 1.82) is 0 Å². The molecule has 0 radical (unpaired) electrons. The van der Waals surface area contributed by atoms with Crippen LogP contribution in [-0.4, -0.2) is 84.4 Å². The monoisotopic (exact) mass is 614 g/mol. The van der Waals surface area contributed by atoms with Crippen LogP contribution in [0.2, 0.25) is 0 Å². The van der Waals surface area contributed by atoms with Crippen molar-refractivity contribution in [2.45, 2.75) is 57.7 Å². The molecule has 1 aliphatic heterocycles. The molecule has 1 aromatic heterocycles. The Morgan fingerprint density at radius 1 is 1.21 bits per heavy atom. The molecule has 2 heterocycles. The third-order valence-electron chi connectivity index (χ3n) is 7.55. The van der Waals surface area contributed by atoms with Gasteiger partial charge in [-0.1, -0.05) is 24.2 Å². The molecule has 4 rings (SSSR count). The summed E-state index contributed by atoms with van der Waals surface area (Å²) < 4.78 is 40.4. The number of hydrogen-bond acceptors (Lipinski definition) is 9. The number of amides is 1. The number of aromatic nitrogens is 1. The highest BCUT2D eigenvalue weighted by atomic mass is 32.2. The number of aryl methyl sites for hydroxylation is 2. The molecular weight excluding hydrogens is 576 g/mol. The topological polar surface area (TPSA) is 163 Å². The molecule has 232 valence electrons. The molecule has 43 heavy (non-hydrogen) atoms. The Morgan fingerprint density at radius 3 is 2.51 bits per heavy atom. The van der Waals surface area contributed by atoms with Crippen molar-refractivity contribution in [3.8, 4) is 5.75 Å². The van der Waals surface area contributed by atoms with E-state index in [9.17, 15) is 28.2 Å². The first kappa shape index (κ1) is 32.0. The lowest BCUT2D eigenvalue weighted by Gasteiger charge is -2.34. The Labute approximate surface area is 251 Å². The number of carboxylic acid groups (broad SMARTS) is 1. The van der Waals surface area contributed by atoms with E-state index in [1.165, 1.54) is 6.92 Å². The summed E-state index contributed by atoms with van der Waals surface area (Å²) in [4.78, 5) is 28.4. The summed E-state index contributed by atoms with van der Waals surface area (Å²) >= 11 is 0. The molecule has 0 unspecified atom stereocenters. The summed E-state index contributed by atoms with van der Waals surface area (Å²) in [5.41, 5.74) is 2.14. The minimum absolute atomic E-state index is 0.0409. The third-order valence-corrected chi connectivity index (χ3v) is 9.18. The number of aliphatic hydroxyl groups excluding tert-OH is 1. The number of nitrogens with one attached hydrogen (secondary N) is 1. The number of benzene rings is 2. The van der Waals surface area contributed by atoms with E-state index in [1.54, 1.807) is 61.2 Å². The average Bonchev–Trinajstić information content (AvgIpc) is 3.31. The van der Waals surface area contributed by atoms with Gasteiger partial charge in [0.05, 0.1) is 24.6 Å². The molecule has 0 spiro atoms. The lowest BCUT2D eigenvalue weighted by molar-refractivity contribution is -0.134. The molecule has 3 aromatic rings. The first-order valence-corrected chi connectivity index (χ1v) is 15.4. The van der Waals surface area contributed by atoms with Gasteiger partial charge in [0, 0.05) is 36.8 Å². The number of anilines is 1. The van der Waals surface area contributed by atoms with Gasteiger partial charge in [0.2, 0.25) is 5.91 Å². The van der Waals surface area contributed by atoms with Crippen LogP contribution in [0.25, 0.3) is 0 Å². The summed E-state index contributed by atoms with van der Waals surface area (Å²) in [6.45, 7) is 8.00. The number of carbonyl (C=O) groups excluding carboxylic acids is 1. The Hall–Kier alpha value is -3.94.